The van der Waals surface area contributed by atoms with E-state index in [-0.39, 0.29) is 18.3 Å². The summed E-state index contributed by atoms with van der Waals surface area (Å²) in [7, 11) is 0. The van der Waals surface area contributed by atoms with E-state index in [0.29, 0.717) is 29.4 Å². The molecule has 0 aliphatic heterocycles. The molecule has 2 aromatic rings. The van der Waals surface area contributed by atoms with Crippen molar-refractivity contribution in [2.45, 2.75) is 13.5 Å². The number of rotatable bonds is 3. The van der Waals surface area contributed by atoms with E-state index in [1.54, 1.807) is 6.33 Å². The van der Waals surface area contributed by atoms with Gasteiger partial charge < -0.3 is 9.88 Å². The van der Waals surface area contributed by atoms with Crippen LogP contribution in [0.2, 0.25) is 5.15 Å². The van der Waals surface area contributed by atoms with Gasteiger partial charge in [0.25, 0.3) is 0 Å². The summed E-state index contributed by atoms with van der Waals surface area (Å²) in [6, 6.07) is 0. The fourth-order valence-corrected chi connectivity index (χ4v) is 1.55. The first-order valence-corrected chi connectivity index (χ1v) is 5.12. The van der Waals surface area contributed by atoms with Crippen molar-refractivity contribution in [1.82, 2.24) is 24.8 Å². The van der Waals surface area contributed by atoms with Gasteiger partial charge in [-0.2, -0.15) is 0 Å². The molecule has 92 valence electrons. The maximum Gasteiger partial charge on any atom is 0.216 e. The molecule has 0 saturated carbocycles. The number of carbonyl (C=O) groups is 1. The smallest absolute Gasteiger partial charge is 0.216 e. The van der Waals surface area contributed by atoms with E-state index >= 15 is 0 Å². The molecule has 2 heterocycles. The molecule has 0 unspecified atom stereocenters. The first-order chi connectivity index (χ1) is 7.68. The molecule has 2 aromatic heterocycles. The van der Waals surface area contributed by atoms with Crippen molar-refractivity contribution in [2.24, 2.45) is 0 Å². The predicted octanol–water partition coefficient (Wildman–Crippen LogP) is 1.04. The number of fused-ring (bicyclic) bond motifs is 1. The lowest BCUT2D eigenvalue weighted by Crippen LogP contribution is -2.24. The molecule has 0 radical (unpaired) electrons. The van der Waals surface area contributed by atoms with E-state index in [4.69, 9.17) is 11.6 Å². The second kappa shape index (κ2) is 5.79. The Balaban J connectivity index is 0.00000144. The lowest BCUT2D eigenvalue weighted by atomic mass is 10.5. The average molecular weight is 276 g/mol. The van der Waals surface area contributed by atoms with Crippen LogP contribution >= 0.6 is 24.0 Å². The summed E-state index contributed by atoms with van der Waals surface area (Å²) in [4.78, 5) is 22.7. The van der Waals surface area contributed by atoms with Crippen molar-refractivity contribution in [3.05, 3.63) is 17.8 Å². The number of nitrogens with zero attached hydrogens (tertiary/aromatic N) is 4. The normalized spacial score (nSPS) is 10.0. The average Bonchev–Trinajstić information content (AvgIpc) is 2.63. The fraction of sp³-hybridized carbons (Fsp3) is 0.333. The molecule has 17 heavy (non-hydrogen) atoms. The van der Waals surface area contributed by atoms with E-state index in [9.17, 15) is 4.79 Å². The largest absolute Gasteiger partial charge is 0.355 e. The highest BCUT2D eigenvalue weighted by Gasteiger charge is 2.07. The molecule has 1 N–H and O–H groups in total. The third kappa shape index (κ3) is 3.04. The van der Waals surface area contributed by atoms with Gasteiger partial charge in [-0.05, 0) is 0 Å². The fourth-order valence-electron chi connectivity index (χ4n) is 1.37. The number of halogens is 2. The minimum atomic E-state index is -0.0583. The summed E-state index contributed by atoms with van der Waals surface area (Å²) < 4.78 is 1.82. The minimum absolute atomic E-state index is 0. The van der Waals surface area contributed by atoms with Crippen molar-refractivity contribution in [1.29, 1.82) is 0 Å². The Morgan fingerprint density at radius 3 is 2.94 bits per heavy atom. The van der Waals surface area contributed by atoms with E-state index in [0.717, 1.165) is 0 Å². The van der Waals surface area contributed by atoms with Gasteiger partial charge in [-0.25, -0.2) is 15.0 Å². The summed E-state index contributed by atoms with van der Waals surface area (Å²) in [5.74, 6) is -0.0583. The molecule has 0 atom stereocenters. The molecule has 0 spiro atoms. The monoisotopic (exact) mass is 275 g/mol. The van der Waals surface area contributed by atoms with Gasteiger partial charge in [0.1, 0.15) is 11.8 Å². The zero-order valence-electron chi connectivity index (χ0n) is 9.05. The molecule has 1 amide bonds. The van der Waals surface area contributed by atoms with Crippen molar-refractivity contribution < 1.29 is 4.79 Å². The van der Waals surface area contributed by atoms with Gasteiger partial charge in [0.15, 0.2) is 10.8 Å². The quantitative estimate of drug-likeness (QED) is 0.850. The van der Waals surface area contributed by atoms with Crippen molar-refractivity contribution in [3.63, 3.8) is 0 Å². The Labute approximate surface area is 109 Å². The summed E-state index contributed by atoms with van der Waals surface area (Å²) in [6.07, 6.45) is 3.02. The Hall–Kier alpha value is -1.40. The van der Waals surface area contributed by atoms with Crippen LogP contribution in [0.3, 0.4) is 0 Å². The third-order valence-corrected chi connectivity index (χ3v) is 2.36. The molecular weight excluding hydrogens is 265 g/mol. The van der Waals surface area contributed by atoms with Crippen molar-refractivity contribution >= 4 is 41.1 Å². The summed E-state index contributed by atoms with van der Waals surface area (Å²) in [5, 5.41) is 3.04. The molecule has 0 aliphatic carbocycles. The van der Waals surface area contributed by atoms with Crippen LogP contribution in [0.5, 0.6) is 0 Å². The lowest BCUT2D eigenvalue weighted by molar-refractivity contribution is -0.118. The minimum Gasteiger partial charge on any atom is -0.355 e. The Kier molecular flexibility index (Phi) is 4.65. The molecule has 0 aliphatic rings. The number of carbonyl (C=O) groups excluding carboxylic acids is 1. The van der Waals surface area contributed by atoms with Crippen LogP contribution < -0.4 is 5.32 Å². The molecule has 0 fully saturated rings. The molecule has 8 heteroatoms. The van der Waals surface area contributed by atoms with E-state index in [1.807, 2.05) is 4.57 Å². The summed E-state index contributed by atoms with van der Waals surface area (Å²) >= 11 is 5.86. The summed E-state index contributed by atoms with van der Waals surface area (Å²) in [5.41, 5.74) is 1.25. The maximum absolute atomic E-state index is 10.7. The van der Waals surface area contributed by atoms with Gasteiger partial charge in [-0.15, -0.1) is 12.4 Å². The van der Waals surface area contributed by atoms with Gasteiger partial charge in [0.05, 0.1) is 6.33 Å². The standard InChI is InChI=1S/C9H10ClN5O.ClH/c1-6(16)11-2-3-15-5-14-7-8(10)12-4-13-9(7)15;/h4-5H,2-3H2,1H3,(H,11,16);1H. The molecule has 6 nitrogen and oxygen atoms in total. The van der Waals surface area contributed by atoms with Gasteiger partial charge in [-0.1, -0.05) is 11.6 Å². The zero-order chi connectivity index (χ0) is 11.5. The van der Waals surface area contributed by atoms with Crippen LogP contribution in [0.15, 0.2) is 12.7 Å². The highest BCUT2D eigenvalue weighted by molar-refractivity contribution is 6.33. The number of aromatic nitrogens is 4. The number of hydrogen-bond donors (Lipinski definition) is 1. The lowest BCUT2D eigenvalue weighted by Gasteiger charge is -2.03. The third-order valence-electron chi connectivity index (χ3n) is 2.08. The van der Waals surface area contributed by atoms with Gasteiger partial charge >= 0.3 is 0 Å². The van der Waals surface area contributed by atoms with Crippen LogP contribution in [0.1, 0.15) is 6.92 Å². The Morgan fingerprint density at radius 2 is 2.24 bits per heavy atom. The number of amides is 1. The van der Waals surface area contributed by atoms with Gasteiger partial charge in [-0.3, -0.25) is 4.79 Å². The van der Waals surface area contributed by atoms with Crippen LogP contribution in [-0.2, 0) is 11.3 Å². The van der Waals surface area contributed by atoms with Gasteiger partial charge in [0.2, 0.25) is 5.91 Å². The van der Waals surface area contributed by atoms with E-state index in [1.165, 1.54) is 13.3 Å². The first kappa shape index (κ1) is 13.7. The highest BCUT2D eigenvalue weighted by Crippen LogP contribution is 2.16. The molecule has 2 rings (SSSR count). The predicted molar refractivity (Wildman–Crippen MR) is 66.3 cm³/mol. The Bertz CT molecular complexity index is 527. The number of hydrogen-bond acceptors (Lipinski definition) is 4. The SMILES string of the molecule is CC(=O)NCCn1cnc2c(Cl)ncnc21.Cl. The molecule has 0 saturated heterocycles. The highest BCUT2D eigenvalue weighted by atomic mass is 35.5. The number of imidazole rings is 1. The van der Waals surface area contributed by atoms with Crippen molar-refractivity contribution in [2.75, 3.05) is 6.54 Å². The maximum atomic E-state index is 10.7. The van der Waals surface area contributed by atoms with Crippen LogP contribution in [0, 0.1) is 0 Å². The second-order valence-electron chi connectivity index (χ2n) is 3.26. The topological polar surface area (TPSA) is 72.7 Å². The second-order valence-corrected chi connectivity index (χ2v) is 3.62. The van der Waals surface area contributed by atoms with Crippen LogP contribution in [0.25, 0.3) is 11.2 Å². The van der Waals surface area contributed by atoms with E-state index in [2.05, 4.69) is 20.3 Å². The van der Waals surface area contributed by atoms with Crippen molar-refractivity contribution in [3.8, 4) is 0 Å². The van der Waals surface area contributed by atoms with Crippen LogP contribution in [-0.4, -0.2) is 32.0 Å². The molecule has 0 bridgehead atoms. The molecular formula is C9H11Cl2N5O. The Morgan fingerprint density at radius 1 is 1.47 bits per heavy atom. The first-order valence-electron chi connectivity index (χ1n) is 4.74. The molecule has 0 aromatic carbocycles. The number of nitrogens with one attached hydrogen (secondary N) is 1. The van der Waals surface area contributed by atoms with Gasteiger partial charge in [0, 0.05) is 20.0 Å². The van der Waals surface area contributed by atoms with Crippen LogP contribution in [0.4, 0.5) is 0 Å². The zero-order valence-corrected chi connectivity index (χ0v) is 10.6. The summed E-state index contributed by atoms with van der Waals surface area (Å²) in [6.45, 7) is 2.61. The van der Waals surface area contributed by atoms with E-state index < -0.39 is 0 Å².